The summed E-state index contributed by atoms with van der Waals surface area (Å²) in [6.45, 7) is 0.663. The van der Waals surface area contributed by atoms with Crippen molar-refractivity contribution < 1.29 is 4.79 Å². The normalized spacial score (nSPS) is 33.2. The van der Waals surface area contributed by atoms with Crippen LogP contribution in [0.5, 0.6) is 0 Å². The van der Waals surface area contributed by atoms with E-state index in [2.05, 4.69) is 5.32 Å². The van der Waals surface area contributed by atoms with Gasteiger partial charge in [0.2, 0.25) is 5.91 Å². The van der Waals surface area contributed by atoms with Crippen molar-refractivity contribution in [1.29, 1.82) is 0 Å². The highest BCUT2D eigenvalue weighted by molar-refractivity contribution is 5.77. The van der Waals surface area contributed by atoms with Crippen molar-refractivity contribution in [3.05, 3.63) is 0 Å². The predicted octanol–water partition coefficient (Wildman–Crippen LogP) is 1.81. The van der Waals surface area contributed by atoms with Crippen LogP contribution in [0.1, 0.15) is 51.4 Å². The molecule has 3 heteroatoms. The fourth-order valence-electron chi connectivity index (χ4n) is 3.23. The molecule has 1 saturated heterocycles. The minimum absolute atomic E-state index is 0.218. The largest absolute Gasteiger partial charge is 0.353 e. The number of hydrogen-bond donors (Lipinski definition) is 2. The van der Waals surface area contributed by atoms with Gasteiger partial charge >= 0.3 is 0 Å². The summed E-state index contributed by atoms with van der Waals surface area (Å²) in [5.74, 6) is 1.35. The van der Waals surface area contributed by atoms with Crippen LogP contribution < -0.4 is 11.1 Å². The molecule has 92 valence electrons. The second kappa shape index (κ2) is 5.67. The van der Waals surface area contributed by atoms with Gasteiger partial charge in [-0.05, 0) is 37.6 Å². The summed E-state index contributed by atoms with van der Waals surface area (Å²) in [5, 5.41) is 3.18. The summed E-state index contributed by atoms with van der Waals surface area (Å²) < 4.78 is 0. The maximum atomic E-state index is 11.6. The lowest BCUT2D eigenvalue weighted by Gasteiger charge is -2.34. The number of piperidine rings is 1. The molecule has 0 aromatic heterocycles. The Labute approximate surface area is 98.2 Å². The molecule has 3 N–H and O–H groups in total. The van der Waals surface area contributed by atoms with E-state index in [1.807, 2.05) is 0 Å². The molecule has 16 heavy (non-hydrogen) atoms. The molecule has 0 radical (unpaired) electrons. The monoisotopic (exact) mass is 224 g/mol. The van der Waals surface area contributed by atoms with Crippen LogP contribution in [0, 0.1) is 11.8 Å². The van der Waals surface area contributed by atoms with Crippen molar-refractivity contribution in [2.24, 2.45) is 17.6 Å². The van der Waals surface area contributed by atoms with Gasteiger partial charge in [-0.25, -0.2) is 0 Å². The Bertz CT molecular complexity index is 234. The number of carbonyl (C=O) groups is 1. The van der Waals surface area contributed by atoms with E-state index < -0.39 is 0 Å². The molecule has 2 rings (SSSR count). The number of hydrogen-bond acceptors (Lipinski definition) is 2. The van der Waals surface area contributed by atoms with Crippen molar-refractivity contribution in [3.63, 3.8) is 0 Å². The van der Waals surface area contributed by atoms with Gasteiger partial charge in [0.05, 0.1) is 0 Å². The first kappa shape index (κ1) is 11.9. The molecule has 1 amide bonds. The molecule has 1 aliphatic heterocycles. The van der Waals surface area contributed by atoms with Crippen LogP contribution in [0.4, 0.5) is 0 Å². The van der Waals surface area contributed by atoms with E-state index in [0.29, 0.717) is 30.8 Å². The van der Waals surface area contributed by atoms with Crippen molar-refractivity contribution in [2.45, 2.75) is 57.4 Å². The first-order valence-corrected chi connectivity index (χ1v) is 6.79. The SMILES string of the molecule is NCC1CC(=O)NC(C2CCCCCC2)C1. The lowest BCUT2D eigenvalue weighted by molar-refractivity contribution is -0.125. The Morgan fingerprint density at radius 3 is 2.50 bits per heavy atom. The van der Waals surface area contributed by atoms with E-state index >= 15 is 0 Å². The van der Waals surface area contributed by atoms with Crippen LogP contribution in [-0.4, -0.2) is 18.5 Å². The zero-order valence-corrected chi connectivity index (χ0v) is 10.1. The fourth-order valence-corrected chi connectivity index (χ4v) is 3.23. The Balaban J connectivity index is 1.93. The Morgan fingerprint density at radius 1 is 1.19 bits per heavy atom. The average molecular weight is 224 g/mol. The standard InChI is InChI=1S/C13H24N2O/c14-9-10-7-12(15-13(16)8-10)11-5-3-1-2-4-6-11/h10-12H,1-9,14H2,(H,15,16). The van der Waals surface area contributed by atoms with E-state index in [4.69, 9.17) is 5.73 Å². The molecule has 3 nitrogen and oxygen atoms in total. The summed E-state index contributed by atoms with van der Waals surface area (Å²) in [7, 11) is 0. The van der Waals surface area contributed by atoms with Crippen LogP contribution in [0.15, 0.2) is 0 Å². The maximum Gasteiger partial charge on any atom is 0.220 e. The molecule has 0 aromatic carbocycles. The van der Waals surface area contributed by atoms with Gasteiger partial charge in [-0.2, -0.15) is 0 Å². The molecule has 2 fully saturated rings. The van der Waals surface area contributed by atoms with Crippen molar-refractivity contribution in [1.82, 2.24) is 5.32 Å². The first-order chi connectivity index (χ1) is 7.79. The minimum Gasteiger partial charge on any atom is -0.353 e. The second-order valence-corrected chi connectivity index (χ2v) is 5.47. The smallest absolute Gasteiger partial charge is 0.220 e. The van der Waals surface area contributed by atoms with Gasteiger partial charge in [-0.1, -0.05) is 25.7 Å². The number of carbonyl (C=O) groups excluding carboxylic acids is 1. The number of amides is 1. The Hall–Kier alpha value is -0.570. The highest BCUT2D eigenvalue weighted by atomic mass is 16.1. The van der Waals surface area contributed by atoms with E-state index in [-0.39, 0.29) is 5.91 Å². The summed E-state index contributed by atoms with van der Waals surface area (Å²) in [6.07, 6.45) is 9.75. The van der Waals surface area contributed by atoms with Gasteiger partial charge in [0.1, 0.15) is 0 Å². The van der Waals surface area contributed by atoms with Gasteiger partial charge in [0, 0.05) is 12.5 Å². The quantitative estimate of drug-likeness (QED) is 0.703. The molecule has 0 aromatic rings. The summed E-state index contributed by atoms with van der Waals surface area (Å²) in [6, 6.07) is 0.410. The number of nitrogens with one attached hydrogen (secondary N) is 1. The molecule has 1 heterocycles. The summed E-state index contributed by atoms with van der Waals surface area (Å²) in [5.41, 5.74) is 5.71. The van der Waals surface area contributed by atoms with Crippen LogP contribution in [0.3, 0.4) is 0 Å². The van der Waals surface area contributed by atoms with Gasteiger partial charge in [-0.15, -0.1) is 0 Å². The second-order valence-electron chi connectivity index (χ2n) is 5.47. The lowest BCUT2D eigenvalue weighted by atomic mass is 9.82. The lowest BCUT2D eigenvalue weighted by Crippen LogP contribution is -2.47. The van der Waals surface area contributed by atoms with E-state index in [1.54, 1.807) is 0 Å². The van der Waals surface area contributed by atoms with Gasteiger partial charge in [-0.3, -0.25) is 4.79 Å². The van der Waals surface area contributed by atoms with E-state index in [1.165, 1.54) is 38.5 Å². The number of rotatable bonds is 2. The van der Waals surface area contributed by atoms with E-state index in [9.17, 15) is 4.79 Å². The van der Waals surface area contributed by atoms with Gasteiger partial charge in [0.25, 0.3) is 0 Å². The molecule has 1 saturated carbocycles. The molecule has 2 aliphatic rings. The zero-order valence-electron chi connectivity index (χ0n) is 10.1. The molecular formula is C13H24N2O. The highest BCUT2D eigenvalue weighted by Gasteiger charge is 2.31. The van der Waals surface area contributed by atoms with Crippen LogP contribution in [-0.2, 0) is 4.79 Å². The predicted molar refractivity (Wildman–Crippen MR) is 64.9 cm³/mol. The van der Waals surface area contributed by atoms with E-state index in [0.717, 1.165) is 6.42 Å². The first-order valence-electron chi connectivity index (χ1n) is 6.79. The third-order valence-corrected chi connectivity index (χ3v) is 4.21. The number of nitrogens with two attached hydrogens (primary N) is 1. The molecule has 0 spiro atoms. The highest BCUT2D eigenvalue weighted by Crippen LogP contribution is 2.30. The van der Waals surface area contributed by atoms with Crippen LogP contribution in [0.25, 0.3) is 0 Å². The van der Waals surface area contributed by atoms with Crippen molar-refractivity contribution >= 4 is 5.91 Å². The third-order valence-electron chi connectivity index (χ3n) is 4.21. The molecule has 1 aliphatic carbocycles. The summed E-state index contributed by atoms with van der Waals surface area (Å²) in [4.78, 5) is 11.6. The van der Waals surface area contributed by atoms with Gasteiger partial charge in [0.15, 0.2) is 0 Å². The zero-order chi connectivity index (χ0) is 11.4. The maximum absolute atomic E-state index is 11.6. The molecular weight excluding hydrogens is 200 g/mol. The molecule has 0 bridgehead atoms. The van der Waals surface area contributed by atoms with Crippen molar-refractivity contribution in [2.75, 3.05) is 6.54 Å². The topological polar surface area (TPSA) is 55.1 Å². The van der Waals surface area contributed by atoms with Gasteiger partial charge < -0.3 is 11.1 Å². The van der Waals surface area contributed by atoms with Crippen LogP contribution in [0.2, 0.25) is 0 Å². The van der Waals surface area contributed by atoms with Crippen molar-refractivity contribution in [3.8, 4) is 0 Å². The van der Waals surface area contributed by atoms with Crippen LogP contribution >= 0.6 is 0 Å². The summed E-state index contributed by atoms with van der Waals surface area (Å²) >= 11 is 0. The Kier molecular flexibility index (Phi) is 4.22. The third kappa shape index (κ3) is 2.97. The average Bonchev–Trinajstić information content (AvgIpc) is 2.56. The fraction of sp³-hybridized carbons (Fsp3) is 0.923. The minimum atomic E-state index is 0.218. The Morgan fingerprint density at radius 2 is 1.88 bits per heavy atom. The molecule has 2 atom stereocenters. The molecule has 2 unspecified atom stereocenters.